The topological polar surface area (TPSA) is 41.6 Å². The standard InChI is InChI=1S/C18H28N2O2S/c1-4-22-13-14-8-6-7-9-17(14)19-18(21)20(3)15-10-11-16(12-15)23-5-2/h6-9,15-16H,4-5,10-13H2,1-3H3,(H,19,21)/t15-,16+/m0/s1. The number of anilines is 1. The molecule has 1 aromatic carbocycles. The lowest BCUT2D eigenvalue weighted by Gasteiger charge is -2.25. The quantitative estimate of drug-likeness (QED) is 0.804. The van der Waals surface area contributed by atoms with Gasteiger partial charge in [0.25, 0.3) is 0 Å². The molecule has 2 rings (SSSR count). The van der Waals surface area contributed by atoms with Crippen LogP contribution in [0.2, 0.25) is 0 Å². The number of benzene rings is 1. The predicted octanol–water partition coefficient (Wildman–Crippen LogP) is 4.36. The summed E-state index contributed by atoms with van der Waals surface area (Å²) < 4.78 is 5.48. The van der Waals surface area contributed by atoms with E-state index in [0.717, 1.165) is 29.8 Å². The Morgan fingerprint density at radius 1 is 1.35 bits per heavy atom. The first-order valence-corrected chi connectivity index (χ1v) is 9.51. The third-order valence-corrected chi connectivity index (χ3v) is 5.58. The Labute approximate surface area is 144 Å². The van der Waals surface area contributed by atoms with E-state index in [4.69, 9.17) is 4.74 Å². The van der Waals surface area contributed by atoms with Crippen LogP contribution in [0.5, 0.6) is 0 Å². The number of carbonyl (C=O) groups is 1. The average Bonchev–Trinajstić information content (AvgIpc) is 3.02. The molecule has 0 bridgehead atoms. The summed E-state index contributed by atoms with van der Waals surface area (Å²) in [6.07, 6.45) is 3.41. The largest absolute Gasteiger partial charge is 0.377 e. The zero-order chi connectivity index (χ0) is 16.7. The Kier molecular flexibility index (Phi) is 7.24. The Hall–Kier alpha value is -1.20. The van der Waals surface area contributed by atoms with Gasteiger partial charge in [0.2, 0.25) is 0 Å². The van der Waals surface area contributed by atoms with Crippen LogP contribution in [0.15, 0.2) is 24.3 Å². The lowest BCUT2D eigenvalue weighted by molar-refractivity contribution is 0.134. The third-order valence-electron chi connectivity index (χ3n) is 4.35. The highest BCUT2D eigenvalue weighted by atomic mass is 32.2. The SMILES string of the molecule is CCOCc1ccccc1NC(=O)N(C)[C@H]1CC[C@@H](SCC)C1. The van der Waals surface area contributed by atoms with E-state index in [1.807, 2.05) is 54.9 Å². The summed E-state index contributed by atoms with van der Waals surface area (Å²) in [6.45, 7) is 5.36. The van der Waals surface area contributed by atoms with Gasteiger partial charge >= 0.3 is 6.03 Å². The maximum absolute atomic E-state index is 12.6. The zero-order valence-corrected chi connectivity index (χ0v) is 15.2. The molecular formula is C18H28N2O2S. The molecule has 1 aliphatic carbocycles. The second kappa shape index (κ2) is 9.18. The fourth-order valence-electron chi connectivity index (χ4n) is 3.01. The van der Waals surface area contributed by atoms with Gasteiger partial charge in [-0.05, 0) is 38.0 Å². The fourth-order valence-corrected chi connectivity index (χ4v) is 4.14. The van der Waals surface area contributed by atoms with Crippen molar-refractivity contribution >= 4 is 23.5 Å². The van der Waals surface area contributed by atoms with Crippen LogP contribution in [0.1, 0.15) is 38.7 Å². The molecule has 0 unspecified atom stereocenters. The molecule has 5 heteroatoms. The fraction of sp³-hybridized carbons (Fsp3) is 0.611. The number of rotatable bonds is 7. The van der Waals surface area contributed by atoms with Gasteiger partial charge < -0.3 is 15.0 Å². The van der Waals surface area contributed by atoms with Crippen molar-refractivity contribution in [3.05, 3.63) is 29.8 Å². The number of amides is 2. The van der Waals surface area contributed by atoms with Crippen LogP contribution in [0.25, 0.3) is 0 Å². The van der Waals surface area contributed by atoms with Crippen molar-refractivity contribution in [1.29, 1.82) is 0 Å². The first-order valence-electron chi connectivity index (χ1n) is 8.46. The van der Waals surface area contributed by atoms with E-state index in [-0.39, 0.29) is 6.03 Å². The molecule has 0 spiro atoms. The minimum absolute atomic E-state index is 0.0268. The molecule has 23 heavy (non-hydrogen) atoms. The van der Waals surface area contributed by atoms with Crippen molar-refractivity contribution in [2.24, 2.45) is 0 Å². The van der Waals surface area contributed by atoms with Crippen molar-refractivity contribution in [2.75, 3.05) is 24.7 Å². The van der Waals surface area contributed by atoms with Crippen LogP contribution in [-0.2, 0) is 11.3 Å². The third kappa shape index (κ3) is 5.15. The number of nitrogens with zero attached hydrogens (tertiary/aromatic N) is 1. The van der Waals surface area contributed by atoms with Crippen LogP contribution < -0.4 is 5.32 Å². The molecule has 1 saturated carbocycles. The molecule has 1 aromatic rings. The van der Waals surface area contributed by atoms with E-state index in [0.29, 0.717) is 24.5 Å². The minimum Gasteiger partial charge on any atom is -0.377 e. The second-order valence-electron chi connectivity index (χ2n) is 5.88. The summed E-state index contributed by atoms with van der Waals surface area (Å²) in [6, 6.07) is 8.16. The molecule has 0 saturated heterocycles. The van der Waals surface area contributed by atoms with Crippen molar-refractivity contribution in [3.8, 4) is 0 Å². The molecule has 2 amide bonds. The van der Waals surface area contributed by atoms with Crippen LogP contribution >= 0.6 is 11.8 Å². The van der Waals surface area contributed by atoms with Crippen LogP contribution in [0.3, 0.4) is 0 Å². The molecule has 0 radical (unpaired) electrons. The number of thioether (sulfide) groups is 1. The Morgan fingerprint density at radius 2 is 2.13 bits per heavy atom. The highest BCUT2D eigenvalue weighted by Crippen LogP contribution is 2.32. The van der Waals surface area contributed by atoms with Gasteiger partial charge in [-0.25, -0.2) is 4.79 Å². The molecule has 1 fully saturated rings. The van der Waals surface area contributed by atoms with E-state index >= 15 is 0 Å². The monoisotopic (exact) mass is 336 g/mol. The van der Waals surface area contributed by atoms with E-state index in [1.54, 1.807) is 0 Å². The molecule has 2 atom stereocenters. The summed E-state index contributed by atoms with van der Waals surface area (Å²) in [5.74, 6) is 1.15. The average molecular weight is 337 g/mol. The lowest BCUT2D eigenvalue weighted by Crippen LogP contribution is -2.38. The number of nitrogens with one attached hydrogen (secondary N) is 1. The minimum atomic E-state index is -0.0268. The van der Waals surface area contributed by atoms with Gasteiger partial charge in [0.1, 0.15) is 0 Å². The number of urea groups is 1. The van der Waals surface area contributed by atoms with Crippen molar-refractivity contribution in [3.63, 3.8) is 0 Å². The molecule has 1 aliphatic rings. The Morgan fingerprint density at radius 3 is 2.87 bits per heavy atom. The second-order valence-corrected chi connectivity index (χ2v) is 7.46. The van der Waals surface area contributed by atoms with Crippen LogP contribution in [0.4, 0.5) is 10.5 Å². The molecule has 1 N–H and O–H groups in total. The van der Waals surface area contributed by atoms with E-state index in [9.17, 15) is 4.79 Å². The molecular weight excluding hydrogens is 308 g/mol. The van der Waals surface area contributed by atoms with Crippen molar-refractivity contribution in [2.45, 2.75) is 51.0 Å². The summed E-state index contributed by atoms with van der Waals surface area (Å²) in [7, 11) is 1.91. The van der Waals surface area contributed by atoms with E-state index < -0.39 is 0 Å². The van der Waals surface area contributed by atoms with Gasteiger partial charge in [0.15, 0.2) is 0 Å². The molecule has 4 nitrogen and oxygen atoms in total. The highest BCUT2D eigenvalue weighted by molar-refractivity contribution is 7.99. The first-order chi connectivity index (χ1) is 11.2. The normalized spacial score (nSPS) is 20.5. The van der Waals surface area contributed by atoms with Gasteiger partial charge in [0.05, 0.1) is 6.61 Å². The number of ether oxygens (including phenoxy) is 1. The van der Waals surface area contributed by atoms with Crippen molar-refractivity contribution in [1.82, 2.24) is 4.90 Å². The number of para-hydroxylation sites is 1. The number of carbonyl (C=O) groups excluding carboxylic acids is 1. The Bertz CT molecular complexity index is 510. The molecule has 128 valence electrons. The molecule has 0 heterocycles. The molecule has 0 aliphatic heterocycles. The summed E-state index contributed by atoms with van der Waals surface area (Å²) in [5.41, 5.74) is 1.86. The van der Waals surface area contributed by atoms with E-state index in [1.165, 1.54) is 6.42 Å². The van der Waals surface area contributed by atoms with E-state index in [2.05, 4.69) is 12.2 Å². The number of hydrogen-bond acceptors (Lipinski definition) is 3. The summed E-state index contributed by atoms with van der Waals surface area (Å²) in [4.78, 5) is 14.4. The maximum Gasteiger partial charge on any atom is 0.321 e. The lowest BCUT2D eigenvalue weighted by atomic mass is 10.2. The predicted molar refractivity (Wildman–Crippen MR) is 98.1 cm³/mol. The summed E-state index contributed by atoms with van der Waals surface area (Å²) in [5, 5.41) is 3.74. The Balaban J connectivity index is 1.94. The number of hydrogen-bond donors (Lipinski definition) is 1. The van der Waals surface area contributed by atoms with Crippen molar-refractivity contribution < 1.29 is 9.53 Å². The maximum atomic E-state index is 12.6. The van der Waals surface area contributed by atoms with Gasteiger partial charge in [-0.3, -0.25) is 0 Å². The molecule has 0 aromatic heterocycles. The van der Waals surface area contributed by atoms with Crippen LogP contribution in [-0.4, -0.2) is 41.6 Å². The van der Waals surface area contributed by atoms with Gasteiger partial charge in [-0.2, -0.15) is 11.8 Å². The van der Waals surface area contributed by atoms with Gasteiger partial charge in [-0.1, -0.05) is 25.1 Å². The smallest absolute Gasteiger partial charge is 0.321 e. The summed E-state index contributed by atoms with van der Waals surface area (Å²) >= 11 is 2.01. The first kappa shape index (κ1) is 18.1. The van der Waals surface area contributed by atoms with Gasteiger partial charge in [0, 0.05) is 36.2 Å². The zero-order valence-electron chi connectivity index (χ0n) is 14.4. The highest BCUT2D eigenvalue weighted by Gasteiger charge is 2.29. The van der Waals surface area contributed by atoms with Crippen LogP contribution in [0, 0.1) is 0 Å². The van der Waals surface area contributed by atoms with Gasteiger partial charge in [-0.15, -0.1) is 0 Å².